The summed E-state index contributed by atoms with van der Waals surface area (Å²) in [5.74, 6) is 0.756. The van der Waals surface area contributed by atoms with Crippen LogP contribution in [0.25, 0.3) is 0 Å². The van der Waals surface area contributed by atoms with Gasteiger partial charge < -0.3 is 0 Å². The van der Waals surface area contributed by atoms with Crippen LogP contribution in [0.15, 0.2) is 11.6 Å². The second-order valence-corrected chi connectivity index (χ2v) is 4.60. The lowest BCUT2D eigenvalue weighted by Gasteiger charge is -2.20. The van der Waals surface area contributed by atoms with Gasteiger partial charge in [0.25, 0.3) is 0 Å². The van der Waals surface area contributed by atoms with Gasteiger partial charge in [-0.25, -0.2) is 0 Å². The van der Waals surface area contributed by atoms with E-state index in [1.165, 1.54) is 24.8 Å². The standard InChI is InChI=1S/C11H16O/c1-11(2)7-8-5-3-4-6-9(8)10(11)12/h7,9H,3-6H2,1-2H3. The molecule has 1 unspecified atom stereocenters. The number of hydrogen-bond donors (Lipinski definition) is 0. The van der Waals surface area contributed by atoms with Crippen molar-refractivity contribution in [1.82, 2.24) is 0 Å². The molecule has 0 spiro atoms. The van der Waals surface area contributed by atoms with E-state index in [0.717, 1.165) is 6.42 Å². The molecule has 2 rings (SSSR count). The van der Waals surface area contributed by atoms with Crippen molar-refractivity contribution >= 4 is 5.78 Å². The van der Waals surface area contributed by atoms with Crippen LogP contribution in [0.4, 0.5) is 0 Å². The number of carbonyl (C=O) groups excluding carboxylic acids is 1. The summed E-state index contributed by atoms with van der Waals surface area (Å²) in [6.45, 7) is 4.08. The minimum absolute atomic E-state index is 0.162. The number of rotatable bonds is 0. The maximum atomic E-state index is 11.8. The molecule has 0 heterocycles. The molecule has 1 atom stereocenters. The molecule has 0 bridgehead atoms. The lowest BCUT2D eigenvalue weighted by molar-refractivity contribution is -0.126. The van der Waals surface area contributed by atoms with Crippen molar-refractivity contribution in [3.8, 4) is 0 Å². The molecule has 0 aromatic rings. The van der Waals surface area contributed by atoms with E-state index in [2.05, 4.69) is 6.08 Å². The molecule has 0 aliphatic heterocycles. The van der Waals surface area contributed by atoms with E-state index < -0.39 is 0 Å². The molecule has 2 aliphatic carbocycles. The fourth-order valence-electron chi connectivity index (χ4n) is 2.49. The predicted octanol–water partition coefficient (Wildman–Crippen LogP) is 2.71. The van der Waals surface area contributed by atoms with Crippen molar-refractivity contribution < 1.29 is 4.79 Å². The second-order valence-electron chi connectivity index (χ2n) is 4.60. The van der Waals surface area contributed by atoms with E-state index in [-0.39, 0.29) is 5.41 Å². The molecule has 0 amide bonds. The van der Waals surface area contributed by atoms with Crippen LogP contribution in [0.5, 0.6) is 0 Å². The Morgan fingerprint density at radius 3 is 2.83 bits per heavy atom. The van der Waals surface area contributed by atoms with Crippen LogP contribution in [0.3, 0.4) is 0 Å². The first-order valence-corrected chi connectivity index (χ1v) is 4.87. The summed E-state index contributed by atoms with van der Waals surface area (Å²) in [5, 5.41) is 0. The van der Waals surface area contributed by atoms with Crippen molar-refractivity contribution in [2.45, 2.75) is 39.5 Å². The molecule has 1 heteroatoms. The molecular formula is C11H16O. The van der Waals surface area contributed by atoms with Crippen molar-refractivity contribution in [2.24, 2.45) is 11.3 Å². The van der Waals surface area contributed by atoms with Crippen LogP contribution in [-0.2, 0) is 4.79 Å². The first kappa shape index (κ1) is 8.03. The Balaban J connectivity index is 2.30. The zero-order chi connectivity index (χ0) is 8.77. The Bertz CT molecular complexity index is 248. The highest BCUT2D eigenvalue weighted by Gasteiger charge is 2.41. The van der Waals surface area contributed by atoms with Crippen molar-refractivity contribution in [1.29, 1.82) is 0 Å². The number of fused-ring (bicyclic) bond motifs is 1. The molecule has 12 heavy (non-hydrogen) atoms. The molecule has 1 saturated carbocycles. The summed E-state index contributed by atoms with van der Waals surface area (Å²) in [4.78, 5) is 11.8. The van der Waals surface area contributed by atoms with Gasteiger partial charge in [0.1, 0.15) is 5.78 Å². The third-order valence-electron chi connectivity index (χ3n) is 3.15. The fraction of sp³-hybridized carbons (Fsp3) is 0.727. The van der Waals surface area contributed by atoms with Crippen molar-refractivity contribution in [3.63, 3.8) is 0 Å². The largest absolute Gasteiger partial charge is 0.298 e. The second kappa shape index (κ2) is 2.45. The van der Waals surface area contributed by atoms with Crippen LogP contribution in [0, 0.1) is 11.3 Å². The Morgan fingerprint density at radius 2 is 2.17 bits per heavy atom. The van der Waals surface area contributed by atoms with Gasteiger partial charge in [-0.3, -0.25) is 4.79 Å². The van der Waals surface area contributed by atoms with Gasteiger partial charge in [-0.05, 0) is 33.1 Å². The Labute approximate surface area is 73.8 Å². The average Bonchev–Trinajstić information content (AvgIpc) is 2.24. The summed E-state index contributed by atoms with van der Waals surface area (Å²) >= 11 is 0. The number of hydrogen-bond acceptors (Lipinski definition) is 1. The molecular weight excluding hydrogens is 148 g/mol. The highest BCUT2D eigenvalue weighted by molar-refractivity contribution is 5.93. The van der Waals surface area contributed by atoms with Crippen LogP contribution < -0.4 is 0 Å². The summed E-state index contributed by atoms with van der Waals surface area (Å²) in [6, 6.07) is 0. The van der Waals surface area contributed by atoms with Crippen molar-refractivity contribution in [3.05, 3.63) is 11.6 Å². The zero-order valence-corrected chi connectivity index (χ0v) is 7.89. The highest BCUT2D eigenvalue weighted by Crippen LogP contribution is 2.43. The molecule has 0 aromatic carbocycles. The number of carbonyl (C=O) groups is 1. The van der Waals surface area contributed by atoms with E-state index in [0.29, 0.717) is 11.7 Å². The van der Waals surface area contributed by atoms with Gasteiger partial charge in [0, 0.05) is 11.3 Å². The molecule has 1 fully saturated rings. The summed E-state index contributed by atoms with van der Waals surface area (Å²) in [6.07, 6.45) is 7.00. The monoisotopic (exact) mass is 164 g/mol. The van der Waals surface area contributed by atoms with Crippen LogP contribution in [-0.4, -0.2) is 5.78 Å². The first-order chi connectivity index (χ1) is 5.61. The normalized spacial score (nSPS) is 33.0. The van der Waals surface area contributed by atoms with Gasteiger partial charge >= 0.3 is 0 Å². The first-order valence-electron chi connectivity index (χ1n) is 4.87. The fourth-order valence-corrected chi connectivity index (χ4v) is 2.49. The third kappa shape index (κ3) is 1.03. The molecule has 1 nitrogen and oxygen atoms in total. The summed E-state index contributed by atoms with van der Waals surface area (Å²) in [5.41, 5.74) is 1.26. The average molecular weight is 164 g/mol. The van der Waals surface area contributed by atoms with E-state index in [9.17, 15) is 4.79 Å². The minimum Gasteiger partial charge on any atom is -0.298 e. The zero-order valence-electron chi connectivity index (χ0n) is 7.89. The SMILES string of the molecule is CC1(C)C=C2CCCCC2C1=O. The van der Waals surface area contributed by atoms with Gasteiger partial charge in [0.2, 0.25) is 0 Å². The summed E-state index contributed by atoms with van der Waals surface area (Å²) in [7, 11) is 0. The Hall–Kier alpha value is -0.590. The van der Waals surface area contributed by atoms with E-state index >= 15 is 0 Å². The summed E-state index contributed by atoms with van der Waals surface area (Å²) < 4.78 is 0. The predicted molar refractivity (Wildman–Crippen MR) is 48.8 cm³/mol. The maximum absolute atomic E-state index is 11.8. The van der Waals surface area contributed by atoms with E-state index in [1.807, 2.05) is 13.8 Å². The smallest absolute Gasteiger partial charge is 0.149 e. The molecule has 2 aliphatic rings. The lowest BCUT2D eigenvalue weighted by atomic mass is 9.82. The van der Waals surface area contributed by atoms with Gasteiger partial charge in [-0.15, -0.1) is 0 Å². The molecule has 0 saturated heterocycles. The topological polar surface area (TPSA) is 17.1 Å². The highest BCUT2D eigenvalue weighted by atomic mass is 16.1. The van der Waals surface area contributed by atoms with Crippen LogP contribution in [0.2, 0.25) is 0 Å². The quantitative estimate of drug-likeness (QED) is 0.503. The Kier molecular flexibility index (Phi) is 1.64. The van der Waals surface area contributed by atoms with E-state index in [4.69, 9.17) is 0 Å². The number of allylic oxidation sites excluding steroid dienone is 2. The molecule has 66 valence electrons. The van der Waals surface area contributed by atoms with E-state index in [1.54, 1.807) is 0 Å². The Morgan fingerprint density at radius 1 is 1.42 bits per heavy atom. The van der Waals surface area contributed by atoms with Crippen molar-refractivity contribution in [2.75, 3.05) is 0 Å². The minimum atomic E-state index is -0.162. The molecule has 0 N–H and O–H groups in total. The van der Waals surface area contributed by atoms with Crippen LogP contribution in [0.1, 0.15) is 39.5 Å². The number of ketones is 1. The van der Waals surface area contributed by atoms with Gasteiger partial charge in [-0.1, -0.05) is 18.1 Å². The third-order valence-corrected chi connectivity index (χ3v) is 3.15. The number of Topliss-reactive ketones (excluding diaryl/α,β-unsaturated/α-hetero) is 1. The van der Waals surface area contributed by atoms with Gasteiger partial charge in [0.05, 0.1) is 0 Å². The maximum Gasteiger partial charge on any atom is 0.149 e. The molecule has 0 aromatic heterocycles. The van der Waals surface area contributed by atoms with Crippen LogP contribution >= 0.6 is 0 Å². The lowest BCUT2D eigenvalue weighted by Crippen LogP contribution is -2.24. The molecule has 0 radical (unpaired) electrons. The van der Waals surface area contributed by atoms with Gasteiger partial charge in [-0.2, -0.15) is 0 Å². The van der Waals surface area contributed by atoms with Gasteiger partial charge in [0.15, 0.2) is 0 Å².